The van der Waals surface area contributed by atoms with Gasteiger partial charge in [-0.3, -0.25) is 15.0 Å². The van der Waals surface area contributed by atoms with Crippen molar-refractivity contribution in [2.75, 3.05) is 0 Å². The molecule has 1 unspecified atom stereocenters. The molecule has 0 amide bonds. The summed E-state index contributed by atoms with van der Waals surface area (Å²) >= 11 is 1.73. The molecule has 25 heavy (non-hydrogen) atoms. The lowest BCUT2D eigenvalue weighted by Gasteiger charge is -2.15. The lowest BCUT2D eigenvalue weighted by atomic mass is 10.0. The Balaban J connectivity index is 1.91. The Kier molecular flexibility index (Phi) is 4.53. The third-order valence-corrected chi connectivity index (χ3v) is 5.31. The van der Waals surface area contributed by atoms with E-state index in [1.807, 2.05) is 24.7 Å². The zero-order chi connectivity index (χ0) is 17.1. The van der Waals surface area contributed by atoms with Gasteiger partial charge >= 0.3 is 0 Å². The molecule has 3 aromatic heterocycles. The van der Waals surface area contributed by atoms with Gasteiger partial charge in [-0.05, 0) is 54.6 Å². The van der Waals surface area contributed by atoms with E-state index in [0.717, 1.165) is 29.8 Å². The van der Waals surface area contributed by atoms with E-state index in [4.69, 9.17) is 4.99 Å². The van der Waals surface area contributed by atoms with Gasteiger partial charge in [-0.1, -0.05) is 17.7 Å². The Labute approximate surface area is 151 Å². The van der Waals surface area contributed by atoms with Crippen LogP contribution in [0.15, 0.2) is 77.0 Å². The molecule has 0 spiro atoms. The van der Waals surface area contributed by atoms with Crippen LogP contribution in [0.2, 0.25) is 0 Å². The minimum Gasteiger partial charge on any atom is -0.275 e. The summed E-state index contributed by atoms with van der Waals surface area (Å²) in [6, 6.07) is 12.6. The number of hydrogen-bond acceptors (Lipinski definition) is 4. The fraction of sp³-hybridized carbons (Fsp3) is 0.190. The molecule has 1 atom stereocenters. The Morgan fingerprint density at radius 2 is 1.92 bits per heavy atom. The summed E-state index contributed by atoms with van der Waals surface area (Å²) in [7, 11) is 0. The molecule has 0 saturated heterocycles. The number of fused-ring (bicyclic) bond motifs is 1. The standard InChI is InChI=1S/C21H19N3S/c1-15-6-7-18-17(4-2-10-23-18)21(20-5-3-13-25-20)24-19(14-15)16-8-11-22-12-9-16/h2-6,8-13,19H,7,14H2,1H3/b15-6+,24-21?. The molecule has 0 bridgehead atoms. The quantitative estimate of drug-likeness (QED) is 0.612. The molecule has 1 aliphatic rings. The second-order valence-electron chi connectivity index (χ2n) is 6.21. The second-order valence-corrected chi connectivity index (χ2v) is 7.16. The smallest absolute Gasteiger partial charge is 0.0844 e. The van der Waals surface area contributed by atoms with Crippen LogP contribution >= 0.6 is 11.3 Å². The normalized spacial score (nSPS) is 19.6. The van der Waals surface area contributed by atoms with Crippen molar-refractivity contribution in [2.45, 2.75) is 25.8 Å². The summed E-state index contributed by atoms with van der Waals surface area (Å²) in [5.41, 5.74) is 5.81. The number of aliphatic imine (C=N–C) groups is 1. The Morgan fingerprint density at radius 3 is 2.72 bits per heavy atom. The van der Waals surface area contributed by atoms with Crippen molar-refractivity contribution in [2.24, 2.45) is 4.99 Å². The highest BCUT2D eigenvalue weighted by atomic mass is 32.1. The van der Waals surface area contributed by atoms with E-state index in [9.17, 15) is 0 Å². The molecule has 124 valence electrons. The van der Waals surface area contributed by atoms with Gasteiger partial charge in [0.1, 0.15) is 0 Å². The summed E-state index contributed by atoms with van der Waals surface area (Å²) in [5.74, 6) is 0. The van der Waals surface area contributed by atoms with Crippen LogP contribution in [0, 0.1) is 0 Å². The van der Waals surface area contributed by atoms with Crippen LogP contribution < -0.4 is 0 Å². The minimum absolute atomic E-state index is 0.0857. The van der Waals surface area contributed by atoms with E-state index in [1.54, 1.807) is 11.3 Å². The minimum atomic E-state index is 0.0857. The largest absolute Gasteiger partial charge is 0.275 e. The van der Waals surface area contributed by atoms with E-state index < -0.39 is 0 Å². The van der Waals surface area contributed by atoms with Crippen LogP contribution in [0.25, 0.3) is 0 Å². The number of thiophene rings is 1. The summed E-state index contributed by atoms with van der Waals surface area (Å²) in [5, 5.41) is 2.10. The maximum atomic E-state index is 5.22. The van der Waals surface area contributed by atoms with Gasteiger partial charge in [0.25, 0.3) is 0 Å². The van der Waals surface area contributed by atoms with E-state index in [1.165, 1.54) is 16.0 Å². The lowest BCUT2D eigenvalue weighted by molar-refractivity contribution is 0.716. The lowest BCUT2D eigenvalue weighted by Crippen LogP contribution is -2.09. The summed E-state index contributed by atoms with van der Waals surface area (Å²) in [4.78, 5) is 15.2. The van der Waals surface area contributed by atoms with Crippen molar-refractivity contribution < 1.29 is 0 Å². The molecule has 0 saturated carbocycles. The molecule has 0 radical (unpaired) electrons. The van der Waals surface area contributed by atoms with Crippen molar-refractivity contribution in [1.82, 2.24) is 9.97 Å². The summed E-state index contributed by atoms with van der Waals surface area (Å²) in [6.45, 7) is 2.18. The zero-order valence-electron chi connectivity index (χ0n) is 14.1. The Bertz CT molecular complexity index is 911. The van der Waals surface area contributed by atoms with Crippen LogP contribution in [0.1, 0.15) is 41.1 Å². The van der Waals surface area contributed by atoms with E-state index in [0.29, 0.717) is 0 Å². The number of aromatic nitrogens is 2. The molecule has 3 nitrogen and oxygen atoms in total. The van der Waals surface area contributed by atoms with Crippen molar-refractivity contribution in [3.63, 3.8) is 0 Å². The highest BCUT2D eigenvalue weighted by Gasteiger charge is 2.19. The Morgan fingerprint density at radius 1 is 1.04 bits per heavy atom. The van der Waals surface area contributed by atoms with Gasteiger partial charge in [0.2, 0.25) is 0 Å². The number of pyridine rings is 2. The monoisotopic (exact) mass is 345 g/mol. The first kappa shape index (κ1) is 15.9. The van der Waals surface area contributed by atoms with Gasteiger partial charge in [0, 0.05) is 30.6 Å². The molecule has 0 fully saturated rings. The fourth-order valence-corrected chi connectivity index (χ4v) is 3.87. The SMILES string of the molecule is C/C1=C\Cc2ncccc2C(c2cccs2)=NC(c2ccncc2)C1. The highest BCUT2D eigenvalue weighted by molar-refractivity contribution is 7.12. The molecule has 4 heteroatoms. The average Bonchev–Trinajstić information content (AvgIpc) is 3.20. The first-order chi connectivity index (χ1) is 12.3. The van der Waals surface area contributed by atoms with Crippen LogP contribution in [-0.4, -0.2) is 15.7 Å². The second kappa shape index (κ2) is 7.11. The van der Waals surface area contributed by atoms with E-state index >= 15 is 0 Å². The summed E-state index contributed by atoms with van der Waals surface area (Å²) < 4.78 is 0. The summed E-state index contributed by atoms with van der Waals surface area (Å²) in [6.07, 6.45) is 9.59. The van der Waals surface area contributed by atoms with Crippen LogP contribution in [0.5, 0.6) is 0 Å². The van der Waals surface area contributed by atoms with Crippen molar-refractivity contribution in [3.8, 4) is 0 Å². The van der Waals surface area contributed by atoms with Gasteiger partial charge < -0.3 is 0 Å². The zero-order valence-corrected chi connectivity index (χ0v) is 14.9. The number of rotatable bonds is 2. The molecule has 4 rings (SSSR count). The topological polar surface area (TPSA) is 38.1 Å². The maximum Gasteiger partial charge on any atom is 0.0844 e. The van der Waals surface area contributed by atoms with Gasteiger partial charge in [-0.2, -0.15) is 0 Å². The molecule has 4 heterocycles. The van der Waals surface area contributed by atoms with Crippen LogP contribution in [-0.2, 0) is 6.42 Å². The molecule has 0 aliphatic carbocycles. The molecule has 3 aromatic rings. The molecular weight excluding hydrogens is 326 g/mol. The maximum absolute atomic E-state index is 5.22. The van der Waals surface area contributed by atoms with E-state index in [-0.39, 0.29) is 6.04 Å². The van der Waals surface area contributed by atoms with Crippen molar-refractivity contribution in [1.29, 1.82) is 0 Å². The van der Waals surface area contributed by atoms with Crippen molar-refractivity contribution >= 4 is 17.0 Å². The predicted molar refractivity (Wildman–Crippen MR) is 103 cm³/mol. The number of nitrogens with zero attached hydrogens (tertiary/aromatic N) is 3. The Hall–Kier alpha value is -2.59. The third-order valence-electron chi connectivity index (χ3n) is 4.43. The van der Waals surface area contributed by atoms with E-state index in [2.05, 4.69) is 58.7 Å². The third kappa shape index (κ3) is 3.44. The van der Waals surface area contributed by atoms with Gasteiger partial charge in [-0.25, -0.2) is 0 Å². The van der Waals surface area contributed by atoms with Gasteiger partial charge in [-0.15, -0.1) is 11.3 Å². The van der Waals surface area contributed by atoms with Gasteiger partial charge in [0.05, 0.1) is 22.3 Å². The molecular formula is C21H19N3S. The van der Waals surface area contributed by atoms with Crippen LogP contribution in [0.3, 0.4) is 0 Å². The first-order valence-electron chi connectivity index (χ1n) is 8.43. The number of hydrogen-bond donors (Lipinski definition) is 0. The fourth-order valence-electron chi connectivity index (χ4n) is 3.13. The first-order valence-corrected chi connectivity index (χ1v) is 9.31. The molecule has 1 aliphatic heterocycles. The highest BCUT2D eigenvalue weighted by Crippen LogP contribution is 2.30. The van der Waals surface area contributed by atoms with Crippen molar-refractivity contribution in [3.05, 3.63) is 93.7 Å². The van der Waals surface area contributed by atoms with Crippen LogP contribution in [0.4, 0.5) is 0 Å². The molecule has 0 N–H and O–H groups in total. The van der Waals surface area contributed by atoms with Gasteiger partial charge in [0.15, 0.2) is 0 Å². The molecule has 0 aromatic carbocycles. The predicted octanol–water partition coefficient (Wildman–Crippen LogP) is 5.01. The average molecular weight is 345 g/mol. The number of allylic oxidation sites excluding steroid dienone is 1.